The second-order valence-electron chi connectivity index (χ2n) is 6.64. The van der Waals surface area contributed by atoms with Gasteiger partial charge in [-0.3, -0.25) is 9.89 Å². The number of esters is 1. The molecule has 0 spiro atoms. The summed E-state index contributed by atoms with van der Waals surface area (Å²) in [7, 11) is 0. The Bertz CT molecular complexity index is 1070. The van der Waals surface area contributed by atoms with Gasteiger partial charge in [0.2, 0.25) is 0 Å². The highest BCUT2D eigenvalue weighted by Gasteiger charge is 2.23. The standard InChI is InChI=1S/C20H23N3O3/c1-7-26-20(25)17-13(5)21-18-16(14(6)22-23(18)19(17)24)15-11(3)8-10(2)9-12(15)4/h8-9,22H,7H2,1-6H3. The molecule has 0 unspecified atom stereocenters. The second-order valence-corrected chi connectivity index (χ2v) is 6.64. The molecule has 26 heavy (non-hydrogen) atoms. The maximum absolute atomic E-state index is 12.9. The first-order chi connectivity index (χ1) is 12.3. The van der Waals surface area contributed by atoms with Crippen molar-refractivity contribution >= 4 is 11.6 Å². The average Bonchev–Trinajstić information content (AvgIpc) is 2.84. The predicted octanol–water partition coefficient (Wildman–Crippen LogP) is 3.41. The third kappa shape index (κ3) is 2.71. The van der Waals surface area contributed by atoms with Crippen LogP contribution >= 0.6 is 0 Å². The van der Waals surface area contributed by atoms with E-state index in [0.29, 0.717) is 11.3 Å². The van der Waals surface area contributed by atoms with Gasteiger partial charge in [0.25, 0.3) is 5.56 Å². The maximum Gasteiger partial charge on any atom is 0.345 e. The molecule has 2 heterocycles. The van der Waals surface area contributed by atoms with Crippen molar-refractivity contribution in [2.45, 2.75) is 41.5 Å². The van der Waals surface area contributed by atoms with Crippen LogP contribution < -0.4 is 5.56 Å². The van der Waals surface area contributed by atoms with E-state index in [1.807, 2.05) is 6.92 Å². The molecule has 1 N–H and O–H groups in total. The molecule has 0 saturated heterocycles. The Morgan fingerprint density at radius 1 is 1.12 bits per heavy atom. The summed E-state index contributed by atoms with van der Waals surface area (Å²) in [5.74, 6) is -0.645. The van der Waals surface area contributed by atoms with Crippen molar-refractivity contribution in [3.63, 3.8) is 0 Å². The molecule has 0 radical (unpaired) electrons. The van der Waals surface area contributed by atoms with E-state index in [4.69, 9.17) is 4.74 Å². The fourth-order valence-electron chi connectivity index (χ4n) is 3.60. The number of carbonyl (C=O) groups is 1. The number of aryl methyl sites for hydroxylation is 5. The molecule has 0 atom stereocenters. The minimum absolute atomic E-state index is 0.0329. The number of hydrogen-bond acceptors (Lipinski definition) is 4. The number of benzene rings is 1. The maximum atomic E-state index is 12.9. The first-order valence-corrected chi connectivity index (χ1v) is 8.63. The van der Waals surface area contributed by atoms with E-state index >= 15 is 0 Å². The first kappa shape index (κ1) is 17.9. The molecule has 0 bridgehead atoms. The number of nitrogens with one attached hydrogen (secondary N) is 1. The molecule has 6 heteroatoms. The lowest BCUT2D eigenvalue weighted by Gasteiger charge is -2.11. The lowest BCUT2D eigenvalue weighted by atomic mass is 9.94. The number of aromatic amines is 1. The molecule has 0 amide bonds. The van der Waals surface area contributed by atoms with Crippen molar-refractivity contribution in [2.24, 2.45) is 0 Å². The van der Waals surface area contributed by atoms with E-state index in [9.17, 15) is 9.59 Å². The number of aromatic nitrogens is 3. The molecular weight excluding hydrogens is 330 g/mol. The van der Waals surface area contributed by atoms with E-state index in [1.54, 1.807) is 13.8 Å². The van der Waals surface area contributed by atoms with E-state index in [-0.39, 0.29) is 12.2 Å². The summed E-state index contributed by atoms with van der Waals surface area (Å²) < 4.78 is 6.34. The van der Waals surface area contributed by atoms with Crippen LogP contribution in [0.5, 0.6) is 0 Å². The minimum Gasteiger partial charge on any atom is -0.462 e. The smallest absolute Gasteiger partial charge is 0.345 e. The molecular formula is C20H23N3O3. The van der Waals surface area contributed by atoms with Gasteiger partial charge in [0.1, 0.15) is 5.56 Å². The fourth-order valence-corrected chi connectivity index (χ4v) is 3.60. The third-order valence-electron chi connectivity index (χ3n) is 4.55. The van der Waals surface area contributed by atoms with Crippen molar-refractivity contribution in [2.75, 3.05) is 6.61 Å². The van der Waals surface area contributed by atoms with Gasteiger partial charge in [-0.2, -0.15) is 0 Å². The summed E-state index contributed by atoms with van der Waals surface area (Å²) in [5.41, 5.74) is 6.61. The Kier molecular flexibility index (Phi) is 4.44. The molecule has 136 valence electrons. The Morgan fingerprint density at radius 2 is 1.73 bits per heavy atom. The topological polar surface area (TPSA) is 76.5 Å². The number of hydrogen-bond donors (Lipinski definition) is 1. The van der Waals surface area contributed by atoms with Crippen LogP contribution in [0.2, 0.25) is 0 Å². The highest BCUT2D eigenvalue weighted by atomic mass is 16.5. The Hall–Kier alpha value is -2.89. The van der Waals surface area contributed by atoms with E-state index < -0.39 is 11.5 Å². The SMILES string of the molecule is CCOC(=O)c1c(C)nc2c(-c3c(C)cc(C)cc3C)c(C)[nH]n2c1=O. The van der Waals surface area contributed by atoms with Gasteiger partial charge in [-0.25, -0.2) is 14.3 Å². The number of fused-ring (bicyclic) bond motifs is 1. The summed E-state index contributed by atoms with van der Waals surface area (Å²) in [6.07, 6.45) is 0. The van der Waals surface area contributed by atoms with E-state index in [0.717, 1.165) is 27.9 Å². The van der Waals surface area contributed by atoms with Crippen LogP contribution in [-0.4, -0.2) is 27.2 Å². The largest absolute Gasteiger partial charge is 0.462 e. The summed E-state index contributed by atoms with van der Waals surface area (Å²) in [4.78, 5) is 29.6. The molecule has 0 fully saturated rings. The fraction of sp³-hybridized carbons (Fsp3) is 0.350. The van der Waals surface area contributed by atoms with Crippen LogP contribution in [0.3, 0.4) is 0 Å². The van der Waals surface area contributed by atoms with Crippen LogP contribution in [0.15, 0.2) is 16.9 Å². The monoisotopic (exact) mass is 353 g/mol. The predicted molar refractivity (Wildman–Crippen MR) is 101 cm³/mol. The van der Waals surface area contributed by atoms with Gasteiger partial charge in [0, 0.05) is 11.3 Å². The van der Waals surface area contributed by atoms with Crippen molar-refractivity contribution in [1.29, 1.82) is 0 Å². The first-order valence-electron chi connectivity index (χ1n) is 8.63. The Morgan fingerprint density at radius 3 is 2.31 bits per heavy atom. The Balaban J connectivity index is 2.36. The van der Waals surface area contributed by atoms with Crippen LogP contribution in [0, 0.1) is 34.6 Å². The van der Waals surface area contributed by atoms with Crippen LogP contribution in [0.1, 0.15) is 45.4 Å². The van der Waals surface area contributed by atoms with Gasteiger partial charge in [-0.15, -0.1) is 0 Å². The molecule has 0 aliphatic heterocycles. The van der Waals surface area contributed by atoms with Gasteiger partial charge in [0.05, 0.1) is 12.3 Å². The van der Waals surface area contributed by atoms with Crippen molar-refractivity contribution in [3.8, 4) is 11.1 Å². The highest BCUT2D eigenvalue weighted by molar-refractivity contribution is 5.91. The number of ether oxygens (including phenoxy) is 1. The van der Waals surface area contributed by atoms with Crippen molar-refractivity contribution < 1.29 is 9.53 Å². The van der Waals surface area contributed by atoms with Crippen LogP contribution in [-0.2, 0) is 4.74 Å². The minimum atomic E-state index is -0.645. The van der Waals surface area contributed by atoms with Gasteiger partial charge in [0.15, 0.2) is 5.65 Å². The lowest BCUT2D eigenvalue weighted by Crippen LogP contribution is -2.26. The van der Waals surface area contributed by atoms with Gasteiger partial charge in [-0.1, -0.05) is 17.7 Å². The summed E-state index contributed by atoms with van der Waals surface area (Å²) in [6.45, 7) is 11.6. The number of nitrogens with zero attached hydrogens (tertiary/aromatic N) is 2. The molecule has 0 saturated carbocycles. The normalized spacial score (nSPS) is 11.2. The summed E-state index contributed by atoms with van der Waals surface area (Å²) >= 11 is 0. The Labute approximate surface area is 151 Å². The number of H-pyrrole nitrogens is 1. The quantitative estimate of drug-likeness (QED) is 0.732. The van der Waals surface area contributed by atoms with Gasteiger partial charge in [-0.05, 0) is 58.2 Å². The molecule has 0 aliphatic carbocycles. The van der Waals surface area contributed by atoms with E-state index in [2.05, 4.69) is 43.0 Å². The molecule has 3 rings (SSSR count). The number of carbonyl (C=O) groups excluding carboxylic acids is 1. The zero-order chi connectivity index (χ0) is 19.2. The third-order valence-corrected chi connectivity index (χ3v) is 4.55. The van der Waals surface area contributed by atoms with Crippen LogP contribution in [0.25, 0.3) is 16.8 Å². The molecule has 1 aromatic carbocycles. The van der Waals surface area contributed by atoms with Crippen molar-refractivity contribution in [1.82, 2.24) is 14.6 Å². The molecule has 0 aliphatic rings. The second kappa shape index (κ2) is 6.44. The van der Waals surface area contributed by atoms with E-state index in [1.165, 1.54) is 10.1 Å². The highest BCUT2D eigenvalue weighted by Crippen LogP contribution is 2.33. The lowest BCUT2D eigenvalue weighted by molar-refractivity contribution is 0.0522. The zero-order valence-electron chi connectivity index (χ0n) is 16.0. The molecule has 3 aromatic rings. The molecule has 2 aromatic heterocycles. The van der Waals surface area contributed by atoms with Gasteiger partial charge < -0.3 is 4.74 Å². The molecule has 6 nitrogen and oxygen atoms in total. The van der Waals surface area contributed by atoms with Crippen LogP contribution in [0.4, 0.5) is 0 Å². The van der Waals surface area contributed by atoms with Crippen molar-refractivity contribution in [3.05, 3.63) is 56.1 Å². The van der Waals surface area contributed by atoms with Gasteiger partial charge >= 0.3 is 5.97 Å². The summed E-state index contributed by atoms with van der Waals surface area (Å²) in [5, 5.41) is 3.06. The number of rotatable bonds is 3. The average molecular weight is 353 g/mol. The summed E-state index contributed by atoms with van der Waals surface area (Å²) in [6, 6.07) is 4.23. The zero-order valence-corrected chi connectivity index (χ0v) is 16.0.